The molecule has 4 atom stereocenters. The molecule has 0 bridgehead atoms. The molecule has 2 aromatic carbocycles. The van der Waals surface area contributed by atoms with Gasteiger partial charge in [-0.3, -0.25) is 19.2 Å². The summed E-state index contributed by atoms with van der Waals surface area (Å²) in [7, 11) is 1.67. The number of rotatable bonds is 15. The standard InChI is InChI=1S/C40H47N3O6/c1-4-29-23-40(29,39(47)41-18-8-11-35(44)36(45)19-26-13-14-26)43-38(46)34-21-31(24-42-34)49-37-22-33(27-9-6-5-7-10-27)25(2)12-15-28-20-30(48-3)16-17-32(28)37/h4-7,9-10,16-17,20,22,26,29,31,34,42H,1,8,11-15,18-19,21,23-24H2,2-3H3,(H,41,47)(H,43,46). The van der Waals surface area contributed by atoms with Crippen LogP contribution < -0.4 is 20.7 Å². The average molecular weight is 666 g/mol. The molecule has 0 aromatic heterocycles. The summed E-state index contributed by atoms with van der Waals surface area (Å²) in [6, 6.07) is 15.8. The molecule has 9 nitrogen and oxygen atoms in total. The molecule has 3 N–H and O–H groups in total. The molecule has 3 fully saturated rings. The molecule has 49 heavy (non-hydrogen) atoms. The summed E-state index contributed by atoms with van der Waals surface area (Å²) in [5.74, 6) is 0.495. The lowest BCUT2D eigenvalue weighted by Gasteiger charge is -2.23. The molecule has 3 aliphatic carbocycles. The monoisotopic (exact) mass is 665 g/mol. The highest BCUT2D eigenvalue weighted by molar-refractivity contribution is 6.37. The number of ketones is 2. The van der Waals surface area contributed by atoms with Crippen molar-refractivity contribution < 1.29 is 28.7 Å². The lowest BCUT2D eigenvalue weighted by Crippen LogP contribution is -2.54. The van der Waals surface area contributed by atoms with Crippen LogP contribution in [0, 0.1) is 11.8 Å². The minimum atomic E-state index is -1.07. The molecule has 2 amide bonds. The van der Waals surface area contributed by atoms with Crippen LogP contribution in [0.1, 0.15) is 75.0 Å². The number of carbonyl (C=O) groups excluding carboxylic acids is 4. The van der Waals surface area contributed by atoms with Crippen LogP contribution in [-0.2, 0) is 30.3 Å². The van der Waals surface area contributed by atoms with Crippen LogP contribution in [0.5, 0.6) is 5.75 Å². The largest absolute Gasteiger partial charge is 0.497 e. The highest BCUT2D eigenvalue weighted by Crippen LogP contribution is 2.45. The van der Waals surface area contributed by atoms with Crippen molar-refractivity contribution >= 4 is 34.7 Å². The normalized spacial score (nSPS) is 24.4. The Balaban J connectivity index is 1.09. The van der Waals surface area contributed by atoms with E-state index in [1.165, 1.54) is 5.57 Å². The number of carbonyl (C=O) groups is 4. The van der Waals surface area contributed by atoms with Crippen molar-refractivity contribution in [2.24, 2.45) is 11.8 Å². The van der Waals surface area contributed by atoms with E-state index in [2.05, 4.69) is 53.7 Å². The van der Waals surface area contributed by atoms with Gasteiger partial charge in [-0.25, -0.2) is 0 Å². The number of methoxy groups -OCH3 is 1. The van der Waals surface area contributed by atoms with Gasteiger partial charge in [-0.1, -0.05) is 42.0 Å². The maximum absolute atomic E-state index is 13.6. The Morgan fingerprint density at radius 1 is 1.06 bits per heavy atom. The average Bonchev–Trinajstić information content (AvgIpc) is 4.02. The zero-order chi connectivity index (χ0) is 34.5. The van der Waals surface area contributed by atoms with Crippen molar-refractivity contribution in [3.63, 3.8) is 0 Å². The molecule has 2 aromatic rings. The molecule has 0 radical (unpaired) electrons. The number of allylic oxidation sites excluding steroid dienone is 3. The smallest absolute Gasteiger partial charge is 0.246 e. The molecule has 2 saturated carbocycles. The number of fused-ring (bicyclic) bond motifs is 1. The number of ether oxygens (including phenoxy) is 2. The Bertz CT molecular complexity index is 1680. The number of amides is 2. The number of Topliss-reactive ketones (excluding diaryl/α,β-unsaturated/α-hetero) is 2. The van der Waals surface area contributed by atoms with E-state index >= 15 is 0 Å². The first-order chi connectivity index (χ1) is 23.7. The summed E-state index contributed by atoms with van der Waals surface area (Å²) in [6.45, 7) is 6.75. The fourth-order valence-electron chi connectivity index (χ4n) is 6.94. The molecule has 4 aliphatic rings. The molecule has 6 rings (SSSR count). The van der Waals surface area contributed by atoms with Gasteiger partial charge in [0.15, 0.2) is 11.6 Å². The zero-order valence-corrected chi connectivity index (χ0v) is 28.5. The van der Waals surface area contributed by atoms with Gasteiger partial charge in [0.25, 0.3) is 0 Å². The molecule has 0 spiro atoms. The van der Waals surface area contributed by atoms with Gasteiger partial charge >= 0.3 is 0 Å². The molecule has 1 aliphatic heterocycles. The minimum absolute atomic E-state index is 0.111. The van der Waals surface area contributed by atoms with E-state index in [1.807, 2.05) is 30.3 Å². The Hall–Kier alpha value is -4.50. The summed E-state index contributed by atoms with van der Waals surface area (Å²) < 4.78 is 12.3. The molecular formula is C40H47N3O6. The van der Waals surface area contributed by atoms with E-state index in [-0.39, 0.29) is 48.4 Å². The van der Waals surface area contributed by atoms with Crippen LogP contribution in [-0.4, -0.2) is 61.3 Å². The molecule has 1 saturated heterocycles. The predicted octanol–water partition coefficient (Wildman–Crippen LogP) is 5.10. The highest BCUT2D eigenvalue weighted by Gasteiger charge is 2.60. The SMILES string of the molecule is C=CC1CC1(NC(=O)C1CC(OC2=CC(c3ccccc3)=C(C)CCc3cc(OC)ccc32)CN1)C(=O)NCCCC(=O)C(=O)CC1CC1. The Morgan fingerprint density at radius 2 is 1.86 bits per heavy atom. The van der Waals surface area contributed by atoms with Gasteiger partial charge in [0.2, 0.25) is 11.8 Å². The van der Waals surface area contributed by atoms with E-state index in [0.717, 1.165) is 59.5 Å². The van der Waals surface area contributed by atoms with Crippen LogP contribution >= 0.6 is 0 Å². The van der Waals surface area contributed by atoms with Gasteiger partial charge < -0.3 is 25.4 Å². The lowest BCUT2D eigenvalue weighted by atomic mass is 9.90. The lowest BCUT2D eigenvalue weighted by molar-refractivity contribution is -0.136. The van der Waals surface area contributed by atoms with Gasteiger partial charge in [0.1, 0.15) is 23.2 Å². The van der Waals surface area contributed by atoms with Crippen LogP contribution in [0.3, 0.4) is 0 Å². The molecule has 9 heteroatoms. The second-order valence-corrected chi connectivity index (χ2v) is 13.9. The van der Waals surface area contributed by atoms with Crippen molar-refractivity contribution in [1.82, 2.24) is 16.0 Å². The predicted molar refractivity (Wildman–Crippen MR) is 188 cm³/mol. The van der Waals surface area contributed by atoms with Crippen LogP contribution in [0.25, 0.3) is 11.3 Å². The second-order valence-electron chi connectivity index (χ2n) is 13.9. The summed E-state index contributed by atoms with van der Waals surface area (Å²) in [6.07, 6.45) is 9.05. The number of hydrogen-bond acceptors (Lipinski definition) is 7. The quantitative estimate of drug-likeness (QED) is 0.138. The van der Waals surface area contributed by atoms with Gasteiger partial charge in [0.05, 0.1) is 13.2 Å². The number of aryl methyl sites for hydroxylation is 1. The summed E-state index contributed by atoms with van der Waals surface area (Å²) in [5.41, 5.74) is 4.59. The van der Waals surface area contributed by atoms with E-state index < -0.39 is 11.6 Å². The van der Waals surface area contributed by atoms with Crippen LogP contribution in [0.4, 0.5) is 0 Å². The first-order valence-corrected chi connectivity index (χ1v) is 17.5. The summed E-state index contributed by atoms with van der Waals surface area (Å²) in [5, 5.41) is 9.20. The summed E-state index contributed by atoms with van der Waals surface area (Å²) >= 11 is 0. The third-order valence-electron chi connectivity index (χ3n) is 10.3. The van der Waals surface area contributed by atoms with Gasteiger partial charge in [-0.15, -0.1) is 6.58 Å². The van der Waals surface area contributed by atoms with Crippen molar-refractivity contribution in [1.29, 1.82) is 0 Å². The first-order valence-electron chi connectivity index (χ1n) is 17.5. The van der Waals surface area contributed by atoms with Crippen molar-refractivity contribution in [3.05, 3.63) is 89.5 Å². The number of benzene rings is 2. The number of hydrogen-bond donors (Lipinski definition) is 3. The van der Waals surface area contributed by atoms with Crippen LogP contribution in [0.2, 0.25) is 0 Å². The maximum atomic E-state index is 13.6. The Morgan fingerprint density at radius 3 is 2.57 bits per heavy atom. The van der Waals surface area contributed by atoms with E-state index in [1.54, 1.807) is 13.2 Å². The topological polar surface area (TPSA) is 123 Å². The minimum Gasteiger partial charge on any atom is -0.497 e. The van der Waals surface area contributed by atoms with Crippen LogP contribution in [0.15, 0.2) is 72.8 Å². The van der Waals surface area contributed by atoms with E-state index in [4.69, 9.17) is 9.47 Å². The van der Waals surface area contributed by atoms with Crippen molar-refractivity contribution in [2.45, 2.75) is 82.4 Å². The number of nitrogens with one attached hydrogen (secondary N) is 3. The van der Waals surface area contributed by atoms with E-state index in [9.17, 15) is 19.2 Å². The Kier molecular flexibility index (Phi) is 10.5. The van der Waals surface area contributed by atoms with E-state index in [0.29, 0.717) is 38.1 Å². The molecular weight excluding hydrogens is 618 g/mol. The van der Waals surface area contributed by atoms with Crippen molar-refractivity contribution in [2.75, 3.05) is 20.2 Å². The third-order valence-corrected chi connectivity index (χ3v) is 10.3. The Labute approximate surface area is 288 Å². The maximum Gasteiger partial charge on any atom is 0.246 e. The van der Waals surface area contributed by atoms with Crippen molar-refractivity contribution in [3.8, 4) is 5.75 Å². The molecule has 1 heterocycles. The third kappa shape index (κ3) is 8.05. The second kappa shape index (κ2) is 14.9. The first kappa shape index (κ1) is 34.4. The fourth-order valence-corrected chi connectivity index (χ4v) is 6.94. The van der Waals surface area contributed by atoms with Gasteiger partial charge in [0, 0.05) is 43.8 Å². The highest BCUT2D eigenvalue weighted by atomic mass is 16.5. The van der Waals surface area contributed by atoms with Gasteiger partial charge in [-0.05, 0) is 92.3 Å². The summed E-state index contributed by atoms with van der Waals surface area (Å²) in [4.78, 5) is 51.1. The fraction of sp³-hybridized carbons (Fsp3) is 0.450. The van der Waals surface area contributed by atoms with Gasteiger partial charge in [-0.2, -0.15) is 0 Å². The molecule has 258 valence electrons. The molecule has 4 unspecified atom stereocenters. The zero-order valence-electron chi connectivity index (χ0n) is 28.5.